The van der Waals surface area contributed by atoms with Crippen LogP contribution in [0.4, 0.5) is 0 Å². The minimum Gasteiger partial charge on any atom is -0.389 e. The fourth-order valence-electron chi connectivity index (χ4n) is 5.49. The quantitative estimate of drug-likeness (QED) is 0.763. The summed E-state index contributed by atoms with van der Waals surface area (Å²) in [4.78, 5) is 15.3. The van der Waals surface area contributed by atoms with Gasteiger partial charge in [0.15, 0.2) is 0 Å². The highest BCUT2D eigenvalue weighted by Gasteiger charge is 2.44. The largest absolute Gasteiger partial charge is 0.389 e. The van der Waals surface area contributed by atoms with Gasteiger partial charge in [0.25, 0.3) is 0 Å². The molecular weight excluding hydrogens is 400 g/mol. The van der Waals surface area contributed by atoms with Crippen LogP contribution in [0.3, 0.4) is 0 Å². The molecule has 0 aromatic heterocycles. The predicted octanol–water partition coefficient (Wildman–Crippen LogP) is 2.99. The van der Waals surface area contributed by atoms with Crippen molar-refractivity contribution in [1.29, 1.82) is 0 Å². The number of rotatable bonds is 4. The van der Waals surface area contributed by atoms with E-state index in [0.717, 1.165) is 31.2 Å². The van der Waals surface area contributed by atoms with Crippen molar-refractivity contribution in [2.24, 2.45) is 11.8 Å². The molecule has 2 aliphatic carbocycles. The highest BCUT2D eigenvalue weighted by atomic mass is 32.2. The molecule has 0 spiro atoms. The third kappa shape index (κ3) is 4.58. The molecule has 2 N–H and O–H groups in total. The Morgan fingerprint density at radius 1 is 1.07 bits per heavy atom. The Balaban J connectivity index is 1.30. The number of carbonyl (C=O) groups is 1. The summed E-state index contributed by atoms with van der Waals surface area (Å²) in [5.74, 6) is 0.379. The molecule has 1 amide bonds. The van der Waals surface area contributed by atoms with Crippen LogP contribution >= 0.6 is 0 Å². The summed E-state index contributed by atoms with van der Waals surface area (Å²) in [6.45, 7) is 3.25. The average Bonchev–Trinajstić information content (AvgIpc) is 2.73. The van der Waals surface area contributed by atoms with E-state index in [-0.39, 0.29) is 23.8 Å². The summed E-state index contributed by atoms with van der Waals surface area (Å²) in [5.41, 5.74) is 0.457. The van der Waals surface area contributed by atoms with Crippen LogP contribution in [0.15, 0.2) is 29.2 Å². The Morgan fingerprint density at radius 3 is 2.47 bits per heavy atom. The molecule has 0 bridgehead atoms. The molecule has 2 atom stereocenters. The van der Waals surface area contributed by atoms with E-state index in [1.807, 2.05) is 11.8 Å². The predicted molar refractivity (Wildman–Crippen MR) is 115 cm³/mol. The van der Waals surface area contributed by atoms with Crippen LogP contribution in [0.2, 0.25) is 0 Å². The lowest BCUT2D eigenvalue weighted by Gasteiger charge is -2.48. The number of sulfonamides is 1. The lowest BCUT2D eigenvalue weighted by molar-refractivity contribution is -0.148. The van der Waals surface area contributed by atoms with E-state index in [9.17, 15) is 18.3 Å². The highest BCUT2D eigenvalue weighted by Crippen LogP contribution is 2.40. The van der Waals surface area contributed by atoms with Crippen molar-refractivity contribution in [3.63, 3.8) is 0 Å². The van der Waals surface area contributed by atoms with Crippen molar-refractivity contribution < 1.29 is 18.3 Å². The number of aryl methyl sites for hydroxylation is 1. The molecule has 0 radical (unpaired) electrons. The molecule has 3 fully saturated rings. The minimum absolute atomic E-state index is 0.0279. The number of nitrogens with zero attached hydrogens (tertiary/aromatic N) is 1. The van der Waals surface area contributed by atoms with Gasteiger partial charge in [-0.2, -0.15) is 0 Å². The maximum Gasteiger partial charge on any atom is 0.240 e. The second-order valence-corrected chi connectivity index (χ2v) is 11.3. The Kier molecular flexibility index (Phi) is 6.24. The maximum absolute atomic E-state index is 13.1. The zero-order valence-electron chi connectivity index (χ0n) is 17.8. The molecule has 6 nitrogen and oxygen atoms in total. The lowest BCUT2D eigenvalue weighted by Crippen LogP contribution is -2.55. The number of hydrogen-bond acceptors (Lipinski definition) is 4. The Bertz CT molecular complexity index is 862. The molecule has 0 unspecified atom stereocenters. The van der Waals surface area contributed by atoms with Crippen molar-refractivity contribution in [2.75, 3.05) is 13.1 Å². The first kappa shape index (κ1) is 21.8. The summed E-state index contributed by atoms with van der Waals surface area (Å²) in [7, 11) is -3.53. The van der Waals surface area contributed by atoms with Gasteiger partial charge < -0.3 is 10.0 Å². The van der Waals surface area contributed by atoms with Gasteiger partial charge in [0.1, 0.15) is 0 Å². The number of amides is 1. The third-order valence-corrected chi connectivity index (χ3v) is 9.01. The molecule has 7 heteroatoms. The van der Waals surface area contributed by atoms with Gasteiger partial charge in [0.2, 0.25) is 15.9 Å². The van der Waals surface area contributed by atoms with Crippen molar-refractivity contribution in [3.05, 3.63) is 29.8 Å². The maximum atomic E-state index is 13.1. The van der Waals surface area contributed by atoms with E-state index in [2.05, 4.69) is 4.72 Å². The van der Waals surface area contributed by atoms with Crippen molar-refractivity contribution in [2.45, 2.75) is 81.2 Å². The normalized spacial score (nSPS) is 32.5. The molecule has 3 aliphatic rings. The van der Waals surface area contributed by atoms with Gasteiger partial charge in [-0.1, -0.05) is 30.5 Å². The minimum atomic E-state index is -3.53. The standard InChI is InChI=1S/C23H34N2O4S/c1-17-5-11-21(12-6-17)30(28,29)24-20-9-7-18(8-10-20)22(26)25-15-14-23(27)13-3-2-4-19(23)16-25/h5-6,11-12,18-20,24,27H,2-4,7-10,13-16H2,1H3/t18?,19-,20?,23-/m1/s1. The van der Waals surface area contributed by atoms with Crippen molar-refractivity contribution >= 4 is 15.9 Å². The first-order valence-electron chi connectivity index (χ1n) is 11.4. The van der Waals surface area contributed by atoms with Gasteiger partial charge in [0, 0.05) is 31.0 Å². The fraction of sp³-hybridized carbons (Fsp3) is 0.696. The summed E-state index contributed by atoms with van der Waals surface area (Å²) in [5, 5.41) is 10.8. The molecule has 30 heavy (non-hydrogen) atoms. The van der Waals surface area contributed by atoms with E-state index in [1.165, 1.54) is 0 Å². The van der Waals surface area contributed by atoms with Crippen molar-refractivity contribution in [3.8, 4) is 0 Å². The highest BCUT2D eigenvalue weighted by molar-refractivity contribution is 7.89. The Morgan fingerprint density at radius 2 is 1.77 bits per heavy atom. The van der Waals surface area contributed by atoms with Crippen LogP contribution in [0.5, 0.6) is 0 Å². The van der Waals surface area contributed by atoms with Gasteiger partial charge >= 0.3 is 0 Å². The number of fused-ring (bicyclic) bond motifs is 1. The molecular formula is C23H34N2O4S. The molecule has 1 aromatic carbocycles. The number of hydrogen-bond donors (Lipinski definition) is 2. The lowest BCUT2D eigenvalue weighted by atomic mass is 9.71. The second-order valence-electron chi connectivity index (χ2n) is 9.56. The van der Waals surface area contributed by atoms with E-state index in [1.54, 1.807) is 24.3 Å². The molecule has 1 aliphatic heterocycles. The summed E-state index contributed by atoms with van der Waals surface area (Å²) in [6.07, 6.45) is 7.58. The van der Waals surface area contributed by atoms with Gasteiger partial charge in [-0.15, -0.1) is 0 Å². The van der Waals surface area contributed by atoms with Gasteiger partial charge in [-0.05, 0) is 64.0 Å². The van der Waals surface area contributed by atoms with Gasteiger partial charge in [0.05, 0.1) is 10.5 Å². The van der Waals surface area contributed by atoms with Crippen LogP contribution in [0.1, 0.15) is 63.4 Å². The van der Waals surface area contributed by atoms with Crippen LogP contribution in [-0.4, -0.2) is 49.1 Å². The number of piperidine rings is 1. The summed E-state index contributed by atoms with van der Waals surface area (Å²) < 4.78 is 28.1. The average molecular weight is 435 g/mol. The molecule has 2 saturated carbocycles. The SMILES string of the molecule is Cc1ccc(S(=O)(=O)NC2CCC(C(=O)N3CC[C@]4(O)CCCC[C@@H]4C3)CC2)cc1. The number of aliphatic hydroxyl groups is 1. The first-order valence-corrected chi connectivity index (χ1v) is 12.9. The van der Waals surface area contributed by atoms with E-state index < -0.39 is 15.6 Å². The number of benzene rings is 1. The first-order chi connectivity index (χ1) is 14.3. The zero-order chi connectivity index (χ0) is 21.4. The van der Waals surface area contributed by atoms with Crippen LogP contribution < -0.4 is 4.72 Å². The van der Waals surface area contributed by atoms with E-state index >= 15 is 0 Å². The number of likely N-dealkylation sites (tertiary alicyclic amines) is 1. The van der Waals surface area contributed by atoms with Gasteiger partial charge in [-0.25, -0.2) is 13.1 Å². The molecule has 1 aromatic rings. The summed E-state index contributed by atoms with van der Waals surface area (Å²) >= 11 is 0. The molecule has 1 saturated heterocycles. The van der Waals surface area contributed by atoms with Crippen LogP contribution in [0.25, 0.3) is 0 Å². The van der Waals surface area contributed by atoms with E-state index in [4.69, 9.17) is 0 Å². The third-order valence-electron chi connectivity index (χ3n) is 7.47. The Labute approximate surface area is 180 Å². The van der Waals surface area contributed by atoms with Crippen LogP contribution in [-0.2, 0) is 14.8 Å². The second kappa shape index (κ2) is 8.60. The molecule has 4 rings (SSSR count). The van der Waals surface area contributed by atoms with Crippen LogP contribution in [0, 0.1) is 18.8 Å². The molecule has 1 heterocycles. The van der Waals surface area contributed by atoms with Crippen molar-refractivity contribution in [1.82, 2.24) is 9.62 Å². The monoisotopic (exact) mass is 434 g/mol. The van der Waals surface area contributed by atoms with Gasteiger partial charge in [-0.3, -0.25) is 4.79 Å². The molecule has 166 valence electrons. The Hall–Kier alpha value is -1.44. The summed E-state index contributed by atoms with van der Waals surface area (Å²) in [6, 6.07) is 6.75. The smallest absolute Gasteiger partial charge is 0.240 e. The zero-order valence-corrected chi connectivity index (χ0v) is 18.7. The fourth-order valence-corrected chi connectivity index (χ4v) is 6.80. The number of carbonyl (C=O) groups excluding carboxylic acids is 1. The topological polar surface area (TPSA) is 86.7 Å². The number of nitrogens with one attached hydrogen (secondary N) is 1. The van der Waals surface area contributed by atoms with E-state index in [0.29, 0.717) is 50.1 Å².